The zero-order valence-corrected chi connectivity index (χ0v) is 9.14. The minimum absolute atomic E-state index is 0.458. The molecule has 1 nitrogen and oxygen atoms in total. The predicted octanol–water partition coefficient (Wildman–Crippen LogP) is 2.58. The van der Waals surface area contributed by atoms with Crippen LogP contribution in [0.2, 0.25) is 0 Å². The van der Waals surface area contributed by atoms with Crippen LogP contribution in [0.5, 0.6) is 0 Å². The van der Waals surface area contributed by atoms with Gasteiger partial charge in [0, 0.05) is 0 Å². The van der Waals surface area contributed by atoms with Crippen molar-refractivity contribution in [2.75, 3.05) is 6.54 Å². The van der Waals surface area contributed by atoms with Gasteiger partial charge in [0.15, 0.2) is 0 Å². The molecule has 0 bridgehead atoms. The molecule has 0 amide bonds. The van der Waals surface area contributed by atoms with E-state index in [2.05, 4.69) is 32.0 Å². The van der Waals surface area contributed by atoms with Gasteiger partial charge in [0.2, 0.25) is 0 Å². The maximum Gasteiger partial charge on any atom is -0.00173 e. The average molecular weight is 189 g/mol. The van der Waals surface area contributed by atoms with Crippen LogP contribution in [0.3, 0.4) is 0 Å². The summed E-state index contributed by atoms with van der Waals surface area (Å²) in [6, 6.07) is 6.73. The highest BCUT2D eigenvalue weighted by Gasteiger charge is 2.41. The molecule has 0 unspecified atom stereocenters. The molecule has 1 saturated carbocycles. The van der Waals surface area contributed by atoms with Gasteiger partial charge in [-0.15, -0.1) is 0 Å². The Bertz CT molecular complexity index is 337. The van der Waals surface area contributed by atoms with Crippen LogP contribution in [-0.4, -0.2) is 6.54 Å². The Labute approximate surface area is 86.3 Å². The number of aryl methyl sites for hydroxylation is 2. The molecule has 0 atom stereocenters. The summed E-state index contributed by atoms with van der Waals surface area (Å²) in [7, 11) is 0. The van der Waals surface area contributed by atoms with E-state index in [1.165, 1.54) is 36.0 Å². The quantitative estimate of drug-likeness (QED) is 0.777. The summed E-state index contributed by atoms with van der Waals surface area (Å²) in [6.45, 7) is 5.20. The number of nitrogens with two attached hydrogens (primary N) is 1. The highest BCUT2D eigenvalue weighted by Crippen LogP contribution is 2.47. The summed E-state index contributed by atoms with van der Waals surface area (Å²) in [4.78, 5) is 0. The Balaban J connectivity index is 2.17. The molecular formula is C13H19N. The van der Waals surface area contributed by atoms with Crippen molar-refractivity contribution < 1.29 is 0 Å². The van der Waals surface area contributed by atoms with Gasteiger partial charge in [-0.1, -0.05) is 23.8 Å². The van der Waals surface area contributed by atoms with Crippen molar-refractivity contribution >= 4 is 0 Å². The molecule has 0 saturated heterocycles. The fourth-order valence-corrected chi connectivity index (χ4v) is 2.08. The van der Waals surface area contributed by atoms with Gasteiger partial charge >= 0.3 is 0 Å². The van der Waals surface area contributed by atoms with Crippen LogP contribution in [0.1, 0.15) is 29.5 Å². The first kappa shape index (κ1) is 9.72. The minimum Gasteiger partial charge on any atom is -0.330 e. The third kappa shape index (κ3) is 1.83. The van der Waals surface area contributed by atoms with Crippen molar-refractivity contribution in [3.05, 3.63) is 34.9 Å². The van der Waals surface area contributed by atoms with Crippen molar-refractivity contribution in [1.29, 1.82) is 0 Å². The lowest BCUT2D eigenvalue weighted by Crippen LogP contribution is -2.18. The van der Waals surface area contributed by atoms with E-state index in [0.29, 0.717) is 5.41 Å². The minimum atomic E-state index is 0.458. The third-order valence-corrected chi connectivity index (χ3v) is 3.45. The standard InChI is InChI=1S/C13H19N/c1-10-3-4-12(11(2)7-10)8-13(9-14)5-6-13/h3-4,7H,5-6,8-9,14H2,1-2H3. The van der Waals surface area contributed by atoms with Crippen LogP contribution < -0.4 is 5.73 Å². The lowest BCUT2D eigenvalue weighted by molar-refractivity contribution is 0.520. The van der Waals surface area contributed by atoms with Crippen molar-refractivity contribution in [2.24, 2.45) is 11.1 Å². The first-order valence-electron chi connectivity index (χ1n) is 5.41. The molecule has 14 heavy (non-hydrogen) atoms. The molecule has 0 spiro atoms. The number of hydrogen-bond donors (Lipinski definition) is 1. The van der Waals surface area contributed by atoms with Crippen LogP contribution in [0.4, 0.5) is 0 Å². The lowest BCUT2D eigenvalue weighted by Gasteiger charge is -2.14. The van der Waals surface area contributed by atoms with E-state index in [4.69, 9.17) is 5.73 Å². The van der Waals surface area contributed by atoms with Gasteiger partial charge in [-0.05, 0) is 56.2 Å². The van der Waals surface area contributed by atoms with E-state index in [1.54, 1.807) is 0 Å². The van der Waals surface area contributed by atoms with E-state index < -0.39 is 0 Å². The Morgan fingerprint density at radius 2 is 2.00 bits per heavy atom. The second-order valence-electron chi connectivity index (χ2n) is 4.81. The smallest absolute Gasteiger partial charge is 0.00173 e. The predicted molar refractivity (Wildman–Crippen MR) is 60.3 cm³/mol. The molecule has 76 valence electrons. The van der Waals surface area contributed by atoms with E-state index in [1.807, 2.05) is 0 Å². The fourth-order valence-electron chi connectivity index (χ4n) is 2.08. The zero-order valence-electron chi connectivity index (χ0n) is 9.14. The molecule has 0 heterocycles. The molecule has 1 aromatic carbocycles. The van der Waals surface area contributed by atoms with Gasteiger partial charge in [0.1, 0.15) is 0 Å². The Morgan fingerprint density at radius 3 is 2.50 bits per heavy atom. The molecule has 1 aromatic rings. The largest absolute Gasteiger partial charge is 0.330 e. The molecule has 1 aliphatic rings. The summed E-state index contributed by atoms with van der Waals surface area (Å²) in [5, 5.41) is 0. The van der Waals surface area contributed by atoms with E-state index in [9.17, 15) is 0 Å². The van der Waals surface area contributed by atoms with Crippen LogP contribution in [0, 0.1) is 19.3 Å². The SMILES string of the molecule is Cc1ccc(CC2(CN)CC2)c(C)c1. The maximum absolute atomic E-state index is 5.80. The number of rotatable bonds is 3. The van der Waals surface area contributed by atoms with Crippen molar-refractivity contribution in [3.8, 4) is 0 Å². The Morgan fingerprint density at radius 1 is 1.29 bits per heavy atom. The van der Waals surface area contributed by atoms with Gasteiger partial charge < -0.3 is 5.73 Å². The monoisotopic (exact) mass is 189 g/mol. The summed E-state index contributed by atoms with van der Waals surface area (Å²) < 4.78 is 0. The topological polar surface area (TPSA) is 26.0 Å². The highest BCUT2D eigenvalue weighted by molar-refractivity contribution is 5.32. The first-order valence-corrected chi connectivity index (χ1v) is 5.41. The second kappa shape index (κ2) is 3.39. The fraction of sp³-hybridized carbons (Fsp3) is 0.538. The molecule has 1 aliphatic carbocycles. The van der Waals surface area contributed by atoms with Crippen LogP contribution in [0.25, 0.3) is 0 Å². The normalized spacial score (nSPS) is 18.2. The van der Waals surface area contributed by atoms with Crippen LogP contribution in [-0.2, 0) is 6.42 Å². The molecule has 0 radical (unpaired) electrons. The van der Waals surface area contributed by atoms with E-state index in [-0.39, 0.29) is 0 Å². The third-order valence-electron chi connectivity index (χ3n) is 3.45. The van der Waals surface area contributed by atoms with Gasteiger partial charge in [-0.3, -0.25) is 0 Å². The maximum atomic E-state index is 5.80. The van der Waals surface area contributed by atoms with Gasteiger partial charge in [0.25, 0.3) is 0 Å². The Kier molecular flexibility index (Phi) is 2.36. The van der Waals surface area contributed by atoms with Crippen molar-refractivity contribution in [3.63, 3.8) is 0 Å². The molecule has 2 N–H and O–H groups in total. The second-order valence-corrected chi connectivity index (χ2v) is 4.81. The lowest BCUT2D eigenvalue weighted by atomic mass is 9.93. The van der Waals surface area contributed by atoms with Gasteiger partial charge in [-0.25, -0.2) is 0 Å². The van der Waals surface area contributed by atoms with Gasteiger partial charge in [0.05, 0.1) is 0 Å². The molecule has 1 fully saturated rings. The summed E-state index contributed by atoms with van der Waals surface area (Å²) in [5.41, 5.74) is 10.5. The molecule has 0 aliphatic heterocycles. The number of benzene rings is 1. The number of hydrogen-bond acceptors (Lipinski definition) is 1. The molecule has 2 rings (SSSR count). The average Bonchev–Trinajstić information content (AvgIpc) is 2.91. The Hall–Kier alpha value is -0.820. The first-order chi connectivity index (χ1) is 6.65. The van der Waals surface area contributed by atoms with Crippen molar-refractivity contribution in [1.82, 2.24) is 0 Å². The molecule has 1 heteroatoms. The van der Waals surface area contributed by atoms with Crippen LogP contribution in [0.15, 0.2) is 18.2 Å². The van der Waals surface area contributed by atoms with Gasteiger partial charge in [-0.2, -0.15) is 0 Å². The van der Waals surface area contributed by atoms with Crippen LogP contribution >= 0.6 is 0 Å². The van der Waals surface area contributed by atoms with E-state index in [0.717, 1.165) is 6.54 Å². The van der Waals surface area contributed by atoms with Crippen molar-refractivity contribution in [2.45, 2.75) is 33.1 Å². The summed E-state index contributed by atoms with van der Waals surface area (Å²) in [5.74, 6) is 0. The summed E-state index contributed by atoms with van der Waals surface area (Å²) >= 11 is 0. The summed E-state index contributed by atoms with van der Waals surface area (Å²) in [6.07, 6.45) is 3.81. The van der Waals surface area contributed by atoms with E-state index >= 15 is 0 Å². The zero-order chi connectivity index (χ0) is 10.2. The highest BCUT2D eigenvalue weighted by atomic mass is 14.6. The molecule has 0 aromatic heterocycles. The molecular weight excluding hydrogens is 170 g/mol.